The molecule has 0 bridgehead atoms. The Morgan fingerprint density at radius 1 is 1.00 bits per heavy atom. The van der Waals surface area contributed by atoms with Crippen LogP contribution in [0.4, 0.5) is 0 Å². The number of carboxylic acids is 1. The van der Waals surface area contributed by atoms with Crippen molar-refractivity contribution in [2.75, 3.05) is 6.61 Å². The molecule has 0 spiro atoms. The highest BCUT2D eigenvalue weighted by atomic mass is 16.5. The lowest BCUT2D eigenvalue weighted by Gasteiger charge is -2.26. The van der Waals surface area contributed by atoms with Crippen molar-refractivity contribution < 1.29 is 19.4 Å². The molecule has 35 heavy (non-hydrogen) atoms. The Labute approximate surface area is 208 Å². The van der Waals surface area contributed by atoms with Crippen molar-refractivity contribution in [2.45, 2.75) is 51.2 Å². The summed E-state index contributed by atoms with van der Waals surface area (Å²) in [7, 11) is 0. The summed E-state index contributed by atoms with van der Waals surface area (Å²) in [5.41, 5.74) is 4.75. The molecule has 0 aliphatic heterocycles. The number of hydrogen-bond donors (Lipinski definition) is 1. The molecule has 0 amide bonds. The zero-order valence-corrected chi connectivity index (χ0v) is 20.3. The summed E-state index contributed by atoms with van der Waals surface area (Å²) in [5.74, 6) is 0.224. The van der Waals surface area contributed by atoms with Gasteiger partial charge in [0.25, 0.3) is 0 Å². The van der Waals surface area contributed by atoms with Gasteiger partial charge in [0.15, 0.2) is 6.61 Å². The maximum atomic E-state index is 10.9. The summed E-state index contributed by atoms with van der Waals surface area (Å²) >= 11 is 0. The van der Waals surface area contributed by atoms with Crippen molar-refractivity contribution in [2.24, 2.45) is 5.92 Å². The van der Waals surface area contributed by atoms with Gasteiger partial charge in [-0.15, -0.1) is 0 Å². The Bertz CT molecular complexity index is 1070. The molecule has 182 valence electrons. The molecular weight excluding hydrogens is 436 g/mol. The van der Waals surface area contributed by atoms with Crippen LogP contribution in [0.25, 0.3) is 0 Å². The van der Waals surface area contributed by atoms with Gasteiger partial charge in [0, 0.05) is 0 Å². The van der Waals surface area contributed by atoms with Gasteiger partial charge >= 0.3 is 5.97 Å². The van der Waals surface area contributed by atoms with Crippen LogP contribution >= 0.6 is 0 Å². The topological polar surface area (TPSA) is 55.8 Å². The zero-order chi connectivity index (χ0) is 24.5. The van der Waals surface area contributed by atoms with Gasteiger partial charge in [-0.2, -0.15) is 0 Å². The number of carbonyl (C=O) groups is 1. The summed E-state index contributed by atoms with van der Waals surface area (Å²) in [6.45, 7) is 1.88. The van der Waals surface area contributed by atoms with Crippen LogP contribution in [0.2, 0.25) is 0 Å². The van der Waals surface area contributed by atoms with Gasteiger partial charge < -0.3 is 14.6 Å². The fourth-order valence-electron chi connectivity index (χ4n) is 4.78. The van der Waals surface area contributed by atoms with E-state index in [2.05, 4.69) is 73.7 Å². The summed E-state index contributed by atoms with van der Waals surface area (Å²) < 4.78 is 12.2. The minimum absolute atomic E-state index is 0.0819. The number of aliphatic carboxylic acids is 1. The molecule has 3 aromatic carbocycles. The summed E-state index contributed by atoms with van der Waals surface area (Å²) in [6, 6.07) is 26.8. The summed E-state index contributed by atoms with van der Waals surface area (Å²) in [4.78, 5) is 10.9. The predicted molar refractivity (Wildman–Crippen MR) is 139 cm³/mol. The van der Waals surface area contributed by atoms with Crippen LogP contribution in [0.15, 0.2) is 91.0 Å². The van der Waals surface area contributed by atoms with E-state index in [1.165, 1.54) is 16.7 Å². The van der Waals surface area contributed by atoms with Crippen LogP contribution in [-0.4, -0.2) is 23.8 Å². The van der Waals surface area contributed by atoms with Crippen LogP contribution in [0.5, 0.6) is 5.75 Å². The minimum atomic E-state index is -0.950. The standard InChI is InChI=1S/C31H34O4/c1-2-27(35-31(24-12-5-3-6-13-24)25-14-7-4-8-15-25)17-9-11-23-19-20-28-26(21-23)16-10-18-29(28)34-22-30(32)33/h3-16,18,23,27,31H,2,17,19-22H2,1H3,(H,32,33). The number of ether oxygens (including phenoxy) is 2. The molecule has 0 fully saturated rings. The van der Waals surface area contributed by atoms with Gasteiger partial charge in [-0.05, 0) is 66.3 Å². The number of hydrogen-bond acceptors (Lipinski definition) is 3. The van der Waals surface area contributed by atoms with Gasteiger partial charge in [-0.25, -0.2) is 4.79 Å². The highest BCUT2D eigenvalue weighted by molar-refractivity contribution is 5.68. The Kier molecular flexibility index (Phi) is 8.74. The highest BCUT2D eigenvalue weighted by Crippen LogP contribution is 2.33. The second-order valence-electron chi connectivity index (χ2n) is 9.11. The van der Waals surface area contributed by atoms with Gasteiger partial charge in [0.1, 0.15) is 11.9 Å². The van der Waals surface area contributed by atoms with E-state index >= 15 is 0 Å². The quantitative estimate of drug-likeness (QED) is 0.314. The summed E-state index contributed by atoms with van der Waals surface area (Å²) in [6.07, 6.45) is 9.36. The van der Waals surface area contributed by atoms with Crippen molar-refractivity contribution in [3.05, 3.63) is 113 Å². The SMILES string of the molecule is CCC(CC=CC1CCc2c(cccc2OCC(=O)O)C1)OC(c1ccccc1)c1ccccc1. The second-order valence-corrected chi connectivity index (χ2v) is 9.11. The molecular formula is C31H34O4. The van der Waals surface area contributed by atoms with E-state index < -0.39 is 5.97 Å². The molecule has 2 atom stereocenters. The van der Waals surface area contributed by atoms with Gasteiger partial charge in [0.2, 0.25) is 0 Å². The van der Waals surface area contributed by atoms with Crippen LogP contribution in [0.3, 0.4) is 0 Å². The Balaban J connectivity index is 1.38. The fraction of sp³-hybridized carbons (Fsp3) is 0.323. The molecule has 0 radical (unpaired) electrons. The fourth-order valence-corrected chi connectivity index (χ4v) is 4.78. The average Bonchev–Trinajstić information content (AvgIpc) is 2.90. The van der Waals surface area contributed by atoms with E-state index in [1.807, 2.05) is 24.3 Å². The molecule has 0 saturated carbocycles. The first kappa shape index (κ1) is 24.7. The molecule has 4 nitrogen and oxygen atoms in total. The third-order valence-electron chi connectivity index (χ3n) is 6.62. The minimum Gasteiger partial charge on any atom is -0.482 e. The second kappa shape index (κ2) is 12.4. The van der Waals surface area contributed by atoms with E-state index in [0.29, 0.717) is 11.7 Å². The lowest BCUT2D eigenvalue weighted by Crippen LogP contribution is -2.17. The molecule has 0 saturated heterocycles. The number of allylic oxidation sites excluding steroid dienone is 1. The predicted octanol–water partition coefficient (Wildman–Crippen LogP) is 6.79. The molecule has 2 unspecified atom stereocenters. The van der Waals surface area contributed by atoms with E-state index in [0.717, 1.165) is 37.7 Å². The van der Waals surface area contributed by atoms with Crippen molar-refractivity contribution in [3.8, 4) is 5.75 Å². The highest BCUT2D eigenvalue weighted by Gasteiger charge is 2.21. The normalized spacial score (nSPS) is 16.2. The lowest BCUT2D eigenvalue weighted by atomic mass is 9.83. The molecule has 1 aliphatic rings. The number of benzene rings is 3. The number of fused-ring (bicyclic) bond motifs is 1. The molecule has 1 aliphatic carbocycles. The first-order valence-electron chi connectivity index (χ1n) is 12.5. The third kappa shape index (κ3) is 6.83. The largest absolute Gasteiger partial charge is 0.482 e. The lowest BCUT2D eigenvalue weighted by molar-refractivity contribution is -0.139. The van der Waals surface area contributed by atoms with Crippen LogP contribution in [0.1, 0.15) is 54.5 Å². The Morgan fingerprint density at radius 2 is 1.69 bits per heavy atom. The number of carboxylic acid groups (broad SMARTS) is 1. The molecule has 4 rings (SSSR count). The number of rotatable bonds is 11. The first-order chi connectivity index (χ1) is 17.1. The van der Waals surface area contributed by atoms with Crippen molar-refractivity contribution in [1.82, 2.24) is 0 Å². The van der Waals surface area contributed by atoms with E-state index in [1.54, 1.807) is 0 Å². The summed E-state index contributed by atoms with van der Waals surface area (Å²) in [5, 5.41) is 8.92. The van der Waals surface area contributed by atoms with Crippen molar-refractivity contribution >= 4 is 5.97 Å². The van der Waals surface area contributed by atoms with Gasteiger partial charge in [0.05, 0.1) is 6.10 Å². The van der Waals surface area contributed by atoms with E-state index in [-0.39, 0.29) is 18.8 Å². The smallest absolute Gasteiger partial charge is 0.341 e. The average molecular weight is 471 g/mol. The molecule has 0 heterocycles. The maximum Gasteiger partial charge on any atom is 0.341 e. The van der Waals surface area contributed by atoms with Gasteiger partial charge in [-0.1, -0.05) is 91.9 Å². The monoisotopic (exact) mass is 470 g/mol. The zero-order valence-electron chi connectivity index (χ0n) is 20.3. The van der Waals surface area contributed by atoms with E-state index in [4.69, 9.17) is 14.6 Å². The molecule has 1 N–H and O–H groups in total. The molecule has 3 aromatic rings. The first-order valence-corrected chi connectivity index (χ1v) is 12.5. The van der Waals surface area contributed by atoms with Crippen LogP contribution < -0.4 is 4.74 Å². The molecule has 0 aromatic heterocycles. The van der Waals surface area contributed by atoms with Crippen LogP contribution in [0, 0.1) is 5.92 Å². The Morgan fingerprint density at radius 3 is 2.31 bits per heavy atom. The van der Waals surface area contributed by atoms with Crippen molar-refractivity contribution in [3.63, 3.8) is 0 Å². The van der Waals surface area contributed by atoms with Crippen LogP contribution in [-0.2, 0) is 22.4 Å². The van der Waals surface area contributed by atoms with Crippen molar-refractivity contribution in [1.29, 1.82) is 0 Å². The van der Waals surface area contributed by atoms with Gasteiger partial charge in [-0.3, -0.25) is 0 Å². The molecule has 4 heteroatoms. The van der Waals surface area contributed by atoms with E-state index in [9.17, 15) is 4.79 Å². The third-order valence-corrected chi connectivity index (χ3v) is 6.62. The maximum absolute atomic E-state index is 10.9. The Hall–Kier alpha value is -3.37.